The van der Waals surface area contributed by atoms with Gasteiger partial charge in [-0.2, -0.15) is 0 Å². The van der Waals surface area contributed by atoms with Gasteiger partial charge in [0.15, 0.2) is 0 Å². The van der Waals surface area contributed by atoms with Gasteiger partial charge in [-0.05, 0) is 12.1 Å². The first-order valence-corrected chi connectivity index (χ1v) is 7.18. The van der Waals surface area contributed by atoms with Crippen molar-refractivity contribution >= 4 is 34.7 Å². The molecular formula is C12H14ClN5OS. The SMILES string of the molecule is CC(CNC(=O)c1nc(NN)ccc1Cl)c1nccs1. The van der Waals surface area contributed by atoms with Crippen LogP contribution in [-0.2, 0) is 0 Å². The maximum atomic E-state index is 12.1. The standard InChI is InChI=1S/C12H14ClN5OS/c1-7(12-15-4-5-20-12)6-16-11(19)10-8(13)2-3-9(17-10)18-14/h2-5,7H,6,14H2,1H3,(H,16,19)(H,17,18). The van der Waals surface area contributed by atoms with Crippen LogP contribution in [0.25, 0.3) is 0 Å². The minimum atomic E-state index is -0.337. The molecule has 106 valence electrons. The van der Waals surface area contributed by atoms with Gasteiger partial charge in [0.1, 0.15) is 11.5 Å². The van der Waals surface area contributed by atoms with E-state index in [1.165, 1.54) is 0 Å². The molecule has 0 bridgehead atoms. The summed E-state index contributed by atoms with van der Waals surface area (Å²) in [7, 11) is 0. The molecule has 0 saturated carbocycles. The lowest BCUT2D eigenvalue weighted by atomic mass is 10.2. The van der Waals surface area contributed by atoms with Gasteiger partial charge in [-0.15, -0.1) is 11.3 Å². The summed E-state index contributed by atoms with van der Waals surface area (Å²) in [4.78, 5) is 20.3. The number of nitrogen functional groups attached to an aromatic ring is 1. The van der Waals surface area contributed by atoms with Crippen LogP contribution in [0.2, 0.25) is 5.02 Å². The van der Waals surface area contributed by atoms with Gasteiger partial charge in [-0.3, -0.25) is 4.79 Å². The smallest absolute Gasteiger partial charge is 0.271 e. The Morgan fingerprint density at radius 2 is 2.35 bits per heavy atom. The average molecular weight is 312 g/mol. The maximum Gasteiger partial charge on any atom is 0.271 e. The fraction of sp³-hybridized carbons (Fsp3) is 0.250. The number of nitrogens with one attached hydrogen (secondary N) is 2. The molecule has 2 aromatic heterocycles. The Balaban J connectivity index is 2.01. The van der Waals surface area contributed by atoms with Crippen LogP contribution in [0.3, 0.4) is 0 Å². The van der Waals surface area contributed by atoms with Crippen LogP contribution in [0.1, 0.15) is 28.3 Å². The number of amides is 1. The van der Waals surface area contributed by atoms with Crippen molar-refractivity contribution in [3.05, 3.63) is 39.4 Å². The number of nitrogens with zero attached hydrogens (tertiary/aromatic N) is 2. The summed E-state index contributed by atoms with van der Waals surface area (Å²) in [5.41, 5.74) is 2.53. The van der Waals surface area contributed by atoms with Crippen LogP contribution < -0.4 is 16.6 Å². The predicted octanol–water partition coefficient (Wildman–Crippen LogP) is 2.01. The van der Waals surface area contributed by atoms with E-state index < -0.39 is 0 Å². The van der Waals surface area contributed by atoms with Crippen molar-refractivity contribution in [3.63, 3.8) is 0 Å². The topological polar surface area (TPSA) is 92.9 Å². The third-order valence-electron chi connectivity index (χ3n) is 2.65. The second-order valence-corrected chi connectivity index (χ2v) is 5.49. The lowest BCUT2D eigenvalue weighted by Gasteiger charge is -2.11. The van der Waals surface area contributed by atoms with Crippen LogP contribution in [0.5, 0.6) is 0 Å². The second kappa shape index (κ2) is 6.65. The van der Waals surface area contributed by atoms with E-state index in [1.54, 1.807) is 29.7 Å². The van der Waals surface area contributed by atoms with E-state index in [-0.39, 0.29) is 22.5 Å². The zero-order chi connectivity index (χ0) is 14.5. The lowest BCUT2D eigenvalue weighted by Crippen LogP contribution is -2.28. The Bertz CT molecular complexity index is 590. The fourth-order valence-electron chi connectivity index (χ4n) is 1.58. The van der Waals surface area contributed by atoms with Gasteiger partial charge in [0, 0.05) is 24.0 Å². The van der Waals surface area contributed by atoms with Gasteiger partial charge in [0.05, 0.1) is 10.0 Å². The van der Waals surface area contributed by atoms with E-state index in [9.17, 15) is 4.79 Å². The Hall–Kier alpha value is -1.70. The molecule has 0 spiro atoms. The highest BCUT2D eigenvalue weighted by molar-refractivity contribution is 7.09. The summed E-state index contributed by atoms with van der Waals surface area (Å²) in [6.45, 7) is 2.46. The monoisotopic (exact) mass is 311 g/mol. The van der Waals surface area contributed by atoms with E-state index in [0.29, 0.717) is 12.4 Å². The van der Waals surface area contributed by atoms with Gasteiger partial charge < -0.3 is 10.7 Å². The third kappa shape index (κ3) is 3.44. The molecule has 1 amide bonds. The minimum Gasteiger partial charge on any atom is -0.350 e. The van der Waals surface area contributed by atoms with E-state index in [1.807, 2.05) is 12.3 Å². The number of rotatable bonds is 5. The molecule has 8 heteroatoms. The van der Waals surface area contributed by atoms with E-state index in [4.69, 9.17) is 17.4 Å². The normalized spacial score (nSPS) is 11.9. The number of anilines is 1. The number of hydrogen-bond acceptors (Lipinski definition) is 6. The number of carbonyl (C=O) groups excluding carboxylic acids is 1. The van der Waals surface area contributed by atoms with E-state index in [0.717, 1.165) is 5.01 Å². The molecule has 20 heavy (non-hydrogen) atoms. The first kappa shape index (κ1) is 14.7. The number of hydrazine groups is 1. The predicted molar refractivity (Wildman–Crippen MR) is 79.9 cm³/mol. The molecule has 1 unspecified atom stereocenters. The number of pyridine rings is 1. The first-order chi connectivity index (χ1) is 9.61. The Labute approximate surface area is 125 Å². The zero-order valence-corrected chi connectivity index (χ0v) is 12.3. The number of nitrogens with two attached hydrogens (primary N) is 1. The average Bonchev–Trinajstić information content (AvgIpc) is 2.99. The summed E-state index contributed by atoms with van der Waals surface area (Å²) in [6, 6.07) is 3.17. The number of halogens is 1. The van der Waals surface area contributed by atoms with Gasteiger partial charge in [0.25, 0.3) is 5.91 Å². The number of hydrogen-bond donors (Lipinski definition) is 3. The maximum absolute atomic E-state index is 12.1. The van der Waals surface area contributed by atoms with E-state index in [2.05, 4.69) is 20.7 Å². The molecule has 0 radical (unpaired) electrons. The molecule has 0 aliphatic rings. The lowest BCUT2D eigenvalue weighted by molar-refractivity contribution is 0.0947. The number of carbonyl (C=O) groups is 1. The van der Waals surface area contributed by atoms with Gasteiger partial charge in [0.2, 0.25) is 0 Å². The van der Waals surface area contributed by atoms with Crippen LogP contribution >= 0.6 is 22.9 Å². The molecule has 6 nitrogen and oxygen atoms in total. The summed E-state index contributed by atoms with van der Waals surface area (Å²) in [5, 5.41) is 5.95. The van der Waals surface area contributed by atoms with Crippen LogP contribution in [0.4, 0.5) is 5.82 Å². The molecule has 4 N–H and O–H groups in total. The van der Waals surface area contributed by atoms with Gasteiger partial charge in [-0.1, -0.05) is 18.5 Å². The van der Waals surface area contributed by atoms with Gasteiger partial charge >= 0.3 is 0 Å². The molecular weight excluding hydrogens is 298 g/mol. The molecule has 2 heterocycles. The van der Waals surface area contributed by atoms with Crippen molar-refractivity contribution in [3.8, 4) is 0 Å². The minimum absolute atomic E-state index is 0.133. The highest BCUT2D eigenvalue weighted by Gasteiger charge is 2.15. The van der Waals surface area contributed by atoms with Crippen molar-refractivity contribution in [2.75, 3.05) is 12.0 Å². The molecule has 2 rings (SSSR count). The number of thiazole rings is 1. The van der Waals surface area contributed by atoms with Crippen molar-refractivity contribution < 1.29 is 4.79 Å². The van der Waals surface area contributed by atoms with Crippen molar-refractivity contribution in [1.82, 2.24) is 15.3 Å². The Morgan fingerprint density at radius 1 is 1.55 bits per heavy atom. The first-order valence-electron chi connectivity index (χ1n) is 5.92. The molecule has 0 saturated heterocycles. The van der Waals surface area contributed by atoms with Gasteiger partial charge in [-0.25, -0.2) is 15.8 Å². The fourth-order valence-corrected chi connectivity index (χ4v) is 2.47. The number of aromatic nitrogens is 2. The Kier molecular flexibility index (Phi) is 4.89. The van der Waals surface area contributed by atoms with Crippen LogP contribution in [0.15, 0.2) is 23.7 Å². The molecule has 0 aromatic carbocycles. The zero-order valence-electron chi connectivity index (χ0n) is 10.8. The summed E-state index contributed by atoms with van der Waals surface area (Å²) in [5.74, 6) is 5.44. The summed E-state index contributed by atoms with van der Waals surface area (Å²) in [6.07, 6.45) is 1.74. The van der Waals surface area contributed by atoms with E-state index >= 15 is 0 Å². The van der Waals surface area contributed by atoms with Crippen molar-refractivity contribution in [1.29, 1.82) is 0 Å². The third-order valence-corrected chi connectivity index (χ3v) is 3.96. The highest BCUT2D eigenvalue weighted by Crippen LogP contribution is 2.18. The largest absolute Gasteiger partial charge is 0.350 e. The van der Waals surface area contributed by atoms with Crippen LogP contribution in [0, 0.1) is 0 Å². The van der Waals surface area contributed by atoms with Crippen molar-refractivity contribution in [2.24, 2.45) is 5.84 Å². The highest BCUT2D eigenvalue weighted by atomic mass is 35.5. The summed E-state index contributed by atoms with van der Waals surface area (Å²) < 4.78 is 0. The van der Waals surface area contributed by atoms with Crippen LogP contribution in [-0.4, -0.2) is 22.4 Å². The molecule has 1 atom stereocenters. The van der Waals surface area contributed by atoms with Crippen molar-refractivity contribution in [2.45, 2.75) is 12.8 Å². The quantitative estimate of drug-likeness (QED) is 0.580. The second-order valence-electron chi connectivity index (χ2n) is 4.15. The molecule has 0 aliphatic carbocycles. The Morgan fingerprint density at radius 3 is 3.00 bits per heavy atom. The molecule has 2 aromatic rings. The molecule has 0 fully saturated rings. The summed E-state index contributed by atoms with van der Waals surface area (Å²) >= 11 is 7.52. The molecule has 0 aliphatic heterocycles.